The molecule has 0 unspecified atom stereocenters. The number of carbonyl (C=O) groups is 2. The second-order valence-electron chi connectivity index (χ2n) is 5.63. The molecule has 1 heterocycles. The standard InChI is InChI=1S/C18H11ClF3N3O3/c19-11-4-6-13(7-5-11)25-15(18(20,21)22)14(9-23-25)16(26)24-12-3-1-2-10(8-12)17(27)28/h1-9H,(H,24,26)(H,27,28). The monoisotopic (exact) mass is 409 g/mol. The quantitative estimate of drug-likeness (QED) is 0.664. The number of aromatic carboxylic acids is 1. The van der Waals surface area contributed by atoms with Crippen molar-refractivity contribution >= 4 is 29.2 Å². The van der Waals surface area contributed by atoms with Gasteiger partial charge in [0.05, 0.1) is 23.0 Å². The van der Waals surface area contributed by atoms with Gasteiger partial charge in [0, 0.05) is 10.7 Å². The van der Waals surface area contributed by atoms with E-state index in [-0.39, 0.29) is 16.9 Å². The third-order valence-electron chi connectivity index (χ3n) is 3.72. The number of carbonyl (C=O) groups excluding carboxylic acids is 1. The van der Waals surface area contributed by atoms with E-state index in [4.69, 9.17) is 16.7 Å². The number of anilines is 1. The Morgan fingerprint density at radius 3 is 2.39 bits per heavy atom. The molecule has 0 aliphatic heterocycles. The highest BCUT2D eigenvalue weighted by Crippen LogP contribution is 2.34. The number of rotatable bonds is 4. The Balaban J connectivity index is 2.00. The van der Waals surface area contributed by atoms with Crippen LogP contribution < -0.4 is 5.32 Å². The number of amides is 1. The van der Waals surface area contributed by atoms with Crippen LogP contribution in [0.5, 0.6) is 0 Å². The van der Waals surface area contributed by atoms with Gasteiger partial charge in [-0.25, -0.2) is 9.48 Å². The van der Waals surface area contributed by atoms with Gasteiger partial charge < -0.3 is 10.4 Å². The van der Waals surface area contributed by atoms with Crippen LogP contribution in [-0.4, -0.2) is 26.8 Å². The maximum atomic E-state index is 13.6. The van der Waals surface area contributed by atoms with Crippen LogP contribution in [0.3, 0.4) is 0 Å². The van der Waals surface area contributed by atoms with E-state index in [0.29, 0.717) is 9.70 Å². The summed E-state index contributed by atoms with van der Waals surface area (Å²) in [5.74, 6) is -2.31. The molecule has 1 amide bonds. The Morgan fingerprint density at radius 1 is 1.11 bits per heavy atom. The second kappa shape index (κ2) is 7.35. The molecule has 3 rings (SSSR count). The fourth-order valence-corrected chi connectivity index (χ4v) is 2.62. The molecular formula is C18H11ClF3N3O3. The third-order valence-corrected chi connectivity index (χ3v) is 3.97. The number of alkyl halides is 3. The van der Waals surface area contributed by atoms with Crippen LogP contribution in [0.2, 0.25) is 5.02 Å². The summed E-state index contributed by atoms with van der Waals surface area (Å²) in [5, 5.41) is 15.3. The fourth-order valence-electron chi connectivity index (χ4n) is 2.49. The lowest BCUT2D eigenvalue weighted by Gasteiger charge is -2.13. The fraction of sp³-hybridized carbons (Fsp3) is 0.0556. The van der Waals surface area contributed by atoms with E-state index in [9.17, 15) is 22.8 Å². The molecule has 3 aromatic rings. The maximum Gasteiger partial charge on any atom is 0.434 e. The van der Waals surface area contributed by atoms with Gasteiger partial charge in [-0.2, -0.15) is 18.3 Å². The first-order chi connectivity index (χ1) is 13.2. The Morgan fingerprint density at radius 2 is 1.79 bits per heavy atom. The SMILES string of the molecule is O=C(O)c1cccc(NC(=O)c2cnn(-c3ccc(Cl)cc3)c2C(F)(F)F)c1. The minimum Gasteiger partial charge on any atom is -0.478 e. The number of benzene rings is 2. The van der Waals surface area contributed by atoms with Crippen molar-refractivity contribution in [3.8, 4) is 5.69 Å². The highest BCUT2D eigenvalue weighted by molar-refractivity contribution is 6.30. The van der Waals surface area contributed by atoms with Gasteiger partial charge in [0.2, 0.25) is 0 Å². The lowest BCUT2D eigenvalue weighted by atomic mass is 10.1. The van der Waals surface area contributed by atoms with Crippen molar-refractivity contribution in [2.24, 2.45) is 0 Å². The highest BCUT2D eigenvalue weighted by atomic mass is 35.5. The number of nitrogens with one attached hydrogen (secondary N) is 1. The zero-order chi connectivity index (χ0) is 20.5. The molecule has 10 heteroatoms. The van der Waals surface area contributed by atoms with Crippen molar-refractivity contribution in [2.75, 3.05) is 5.32 Å². The topological polar surface area (TPSA) is 84.2 Å². The van der Waals surface area contributed by atoms with E-state index in [1.807, 2.05) is 0 Å². The first-order valence-corrected chi connectivity index (χ1v) is 8.10. The normalized spacial score (nSPS) is 11.3. The van der Waals surface area contributed by atoms with Crippen LogP contribution in [0.25, 0.3) is 5.69 Å². The van der Waals surface area contributed by atoms with Gasteiger partial charge >= 0.3 is 12.1 Å². The lowest BCUT2D eigenvalue weighted by molar-refractivity contribution is -0.143. The highest BCUT2D eigenvalue weighted by Gasteiger charge is 2.40. The lowest BCUT2D eigenvalue weighted by Crippen LogP contribution is -2.20. The molecule has 28 heavy (non-hydrogen) atoms. The van der Waals surface area contributed by atoms with Crippen molar-refractivity contribution in [3.63, 3.8) is 0 Å². The average Bonchev–Trinajstić information content (AvgIpc) is 3.08. The van der Waals surface area contributed by atoms with Crippen molar-refractivity contribution in [2.45, 2.75) is 6.18 Å². The summed E-state index contributed by atoms with van der Waals surface area (Å²) < 4.78 is 41.5. The van der Waals surface area contributed by atoms with Crippen molar-refractivity contribution < 1.29 is 27.9 Å². The van der Waals surface area contributed by atoms with Gasteiger partial charge in [-0.1, -0.05) is 17.7 Å². The summed E-state index contributed by atoms with van der Waals surface area (Å²) in [6, 6.07) is 10.6. The van der Waals surface area contributed by atoms with Crippen LogP contribution in [-0.2, 0) is 6.18 Å². The Labute approximate surface area is 161 Å². The summed E-state index contributed by atoms with van der Waals surface area (Å²) in [5.41, 5.74) is -1.98. The van der Waals surface area contributed by atoms with E-state index < -0.39 is 29.3 Å². The summed E-state index contributed by atoms with van der Waals surface area (Å²) >= 11 is 5.75. The molecule has 2 aromatic carbocycles. The number of halogens is 4. The first-order valence-electron chi connectivity index (χ1n) is 7.72. The van der Waals surface area contributed by atoms with Gasteiger partial charge in [-0.3, -0.25) is 4.79 Å². The summed E-state index contributed by atoms with van der Waals surface area (Å²) in [4.78, 5) is 23.4. The summed E-state index contributed by atoms with van der Waals surface area (Å²) in [7, 11) is 0. The van der Waals surface area contributed by atoms with Gasteiger partial charge in [0.25, 0.3) is 5.91 Å². The van der Waals surface area contributed by atoms with Crippen LogP contribution in [0, 0.1) is 0 Å². The van der Waals surface area contributed by atoms with Crippen LogP contribution in [0.1, 0.15) is 26.4 Å². The number of carboxylic acid groups (broad SMARTS) is 1. The number of carboxylic acids is 1. The summed E-state index contributed by atoms with van der Waals surface area (Å²) in [6.45, 7) is 0. The molecule has 144 valence electrons. The molecule has 6 nitrogen and oxygen atoms in total. The molecule has 0 bridgehead atoms. The zero-order valence-corrected chi connectivity index (χ0v) is 14.6. The predicted octanol–water partition coefficient (Wildman–Crippen LogP) is 4.50. The molecule has 0 aliphatic carbocycles. The van der Waals surface area contributed by atoms with Crippen molar-refractivity contribution in [3.05, 3.63) is 76.6 Å². The third kappa shape index (κ3) is 3.99. The molecule has 0 aliphatic rings. The Bertz CT molecular complexity index is 1050. The van der Waals surface area contributed by atoms with Crippen molar-refractivity contribution in [1.82, 2.24) is 9.78 Å². The molecular weight excluding hydrogens is 399 g/mol. The van der Waals surface area contributed by atoms with Gasteiger partial charge in [0.15, 0.2) is 5.69 Å². The Kier molecular flexibility index (Phi) is 5.10. The van der Waals surface area contributed by atoms with Crippen LogP contribution in [0.15, 0.2) is 54.7 Å². The van der Waals surface area contributed by atoms with Gasteiger partial charge in [-0.05, 0) is 42.5 Å². The molecule has 2 N–H and O–H groups in total. The van der Waals surface area contributed by atoms with E-state index in [1.54, 1.807) is 0 Å². The molecule has 0 fully saturated rings. The molecule has 1 aromatic heterocycles. The minimum atomic E-state index is -4.87. The maximum absolute atomic E-state index is 13.6. The van der Waals surface area contributed by atoms with Gasteiger partial charge in [0.1, 0.15) is 0 Å². The Hall–Kier alpha value is -3.33. The number of aromatic nitrogens is 2. The van der Waals surface area contributed by atoms with Gasteiger partial charge in [-0.15, -0.1) is 0 Å². The molecule has 0 atom stereocenters. The first kappa shape index (κ1) is 19.4. The number of hydrogen-bond acceptors (Lipinski definition) is 3. The van der Waals surface area contributed by atoms with Crippen LogP contribution >= 0.6 is 11.6 Å². The smallest absolute Gasteiger partial charge is 0.434 e. The van der Waals surface area contributed by atoms with Crippen LogP contribution in [0.4, 0.5) is 18.9 Å². The van der Waals surface area contributed by atoms with E-state index in [2.05, 4.69) is 10.4 Å². The molecule has 0 saturated heterocycles. The molecule has 0 saturated carbocycles. The number of nitrogens with zero attached hydrogens (tertiary/aromatic N) is 2. The average molecular weight is 410 g/mol. The van der Waals surface area contributed by atoms with E-state index >= 15 is 0 Å². The largest absolute Gasteiger partial charge is 0.478 e. The summed E-state index contributed by atoms with van der Waals surface area (Å²) in [6.07, 6.45) is -4.07. The minimum absolute atomic E-state index is 0.0391. The molecule has 0 spiro atoms. The second-order valence-corrected chi connectivity index (χ2v) is 6.07. The van der Waals surface area contributed by atoms with Crippen molar-refractivity contribution in [1.29, 1.82) is 0 Å². The zero-order valence-electron chi connectivity index (χ0n) is 13.9. The van der Waals surface area contributed by atoms with E-state index in [0.717, 1.165) is 12.3 Å². The predicted molar refractivity (Wildman–Crippen MR) is 94.9 cm³/mol. The molecule has 0 radical (unpaired) electrons. The number of hydrogen-bond donors (Lipinski definition) is 2. The van der Waals surface area contributed by atoms with E-state index in [1.165, 1.54) is 42.5 Å².